The van der Waals surface area contributed by atoms with Crippen LogP contribution in [0.2, 0.25) is 0 Å². The highest BCUT2D eigenvalue weighted by atomic mass is 32.1. The lowest BCUT2D eigenvalue weighted by Crippen LogP contribution is -2.41. The van der Waals surface area contributed by atoms with Gasteiger partial charge in [-0.3, -0.25) is 4.79 Å². The first kappa shape index (κ1) is 23.3. The van der Waals surface area contributed by atoms with Crippen LogP contribution in [0.25, 0.3) is 0 Å². The van der Waals surface area contributed by atoms with Gasteiger partial charge in [0, 0.05) is 38.0 Å². The number of carbonyl (C=O) groups excluding carboxylic acids is 2. The minimum atomic E-state index is -0.481. The summed E-state index contributed by atoms with van der Waals surface area (Å²) >= 11 is 1.55. The maximum Gasteiger partial charge on any atom is 0.410 e. The third-order valence-corrected chi connectivity index (χ3v) is 6.39. The van der Waals surface area contributed by atoms with Crippen LogP contribution in [0.3, 0.4) is 0 Å². The molecule has 168 valence electrons. The summed E-state index contributed by atoms with van der Waals surface area (Å²) in [6.07, 6.45) is 3.31. The minimum Gasteiger partial charge on any atom is -0.444 e. The van der Waals surface area contributed by atoms with Crippen molar-refractivity contribution in [2.24, 2.45) is 0 Å². The van der Waals surface area contributed by atoms with Crippen LogP contribution >= 0.6 is 11.3 Å². The van der Waals surface area contributed by atoms with Crippen molar-refractivity contribution in [1.29, 1.82) is 0 Å². The number of piperidine rings is 1. The second-order valence-electron chi connectivity index (χ2n) is 9.13. The summed E-state index contributed by atoms with van der Waals surface area (Å²) in [5.41, 5.74) is 1.33. The average molecular weight is 444 g/mol. The molecule has 1 aliphatic rings. The normalized spacial score (nSPS) is 15.0. The molecule has 0 aliphatic carbocycles. The predicted octanol–water partition coefficient (Wildman–Crippen LogP) is 4.96. The molecule has 0 unspecified atom stereocenters. The Labute approximate surface area is 189 Å². The van der Waals surface area contributed by atoms with E-state index < -0.39 is 5.60 Å². The van der Waals surface area contributed by atoms with Gasteiger partial charge in [0.05, 0.1) is 5.01 Å². The van der Waals surface area contributed by atoms with Crippen LogP contribution in [0.15, 0.2) is 35.7 Å². The largest absolute Gasteiger partial charge is 0.444 e. The minimum absolute atomic E-state index is 0.0262. The van der Waals surface area contributed by atoms with E-state index in [2.05, 4.69) is 17.1 Å². The number of hydrogen-bond donors (Lipinski definition) is 0. The Morgan fingerprint density at radius 1 is 1.19 bits per heavy atom. The first-order valence-electron chi connectivity index (χ1n) is 11.0. The van der Waals surface area contributed by atoms with E-state index in [1.807, 2.05) is 51.4 Å². The van der Waals surface area contributed by atoms with Crippen molar-refractivity contribution in [2.75, 3.05) is 26.7 Å². The molecular formula is C24H33N3O3S. The molecule has 1 aromatic carbocycles. The zero-order chi connectivity index (χ0) is 22.4. The Bertz CT molecular complexity index is 868. The van der Waals surface area contributed by atoms with Crippen molar-refractivity contribution in [2.45, 2.75) is 58.0 Å². The van der Waals surface area contributed by atoms with E-state index in [-0.39, 0.29) is 17.9 Å². The SMILES string of the molecule is CN(CCCc1ccccc1)C(=O)c1csc(C2CCN(C(=O)OC(C)(C)C)CC2)n1. The number of carbonyl (C=O) groups is 2. The molecule has 1 aliphatic heterocycles. The van der Waals surface area contributed by atoms with Crippen LogP contribution in [0.5, 0.6) is 0 Å². The van der Waals surface area contributed by atoms with Gasteiger partial charge in [-0.05, 0) is 52.0 Å². The van der Waals surface area contributed by atoms with Gasteiger partial charge < -0.3 is 14.5 Å². The first-order valence-corrected chi connectivity index (χ1v) is 11.8. The van der Waals surface area contributed by atoms with E-state index in [1.54, 1.807) is 21.1 Å². The Kier molecular flexibility index (Phi) is 7.70. The quantitative estimate of drug-likeness (QED) is 0.633. The topological polar surface area (TPSA) is 62.7 Å². The van der Waals surface area contributed by atoms with Gasteiger partial charge in [-0.2, -0.15) is 0 Å². The first-order chi connectivity index (χ1) is 14.7. The van der Waals surface area contributed by atoms with Gasteiger partial charge in [-0.1, -0.05) is 30.3 Å². The number of likely N-dealkylation sites (tertiary alicyclic amines) is 1. The molecule has 0 saturated carbocycles. The van der Waals surface area contributed by atoms with E-state index in [0.29, 0.717) is 25.3 Å². The number of aryl methyl sites for hydroxylation is 1. The molecule has 2 aromatic rings. The second-order valence-corrected chi connectivity index (χ2v) is 10.0. The molecule has 7 heteroatoms. The fourth-order valence-corrected chi connectivity index (χ4v) is 4.64. The summed E-state index contributed by atoms with van der Waals surface area (Å²) in [5.74, 6) is 0.260. The summed E-state index contributed by atoms with van der Waals surface area (Å²) in [6.45, 7) is 7.65. The Balaban J connectivity index is 1.47. The third kappa shape index (κ3) is 6.79. The molecule has 2 amide bonds. The second kappa shape index (κ2) is 10.3. The van der Waals surface area contributed by atoms with E-state index in [1.165, 1.54) is 5.56 Å². The number of nitrogens with zero attached hydrogens (tertiary/aromatic N) is 3. The zero-order valence-corrected chi connectivity index (χ0v) is 19.8. The van der Waals surface area contributed by atoms with Gasteiger partial charge in [-0.25, -0.2) is 9.78 Å². The molecule has 0 N–H and O–H groups in total. The maximum atomic E-state index is 12.8. The highest BCUT2D eigenvalue weighted by molar-refractivity contribution is 7.09. The van der Waals surface area contributed by atoms with E-state index >= 15 is 0 Å². The molecule has 31 heavy (non-hydrogen) atoms. The van der Waals surface area contributed by atoms with Gasteiger partial charge in [0.15, 0.2) is 0 Å². The lowest BCUT2D eigenvalue weighted by Gasteiger charge is -2.32. The van der Waals surface area contributed by atoms with Gasteiger partial charge in [-0.15, -0.1) is 11.3 Å². The van der Waals surface area contributed by atoms with Crippen molar-refractivity contribution in [3.63, 3.8) is 0 Å². The Hall–Kier alpha value is -2.41. The molecule has 1 saturated heterocycles. The average Bonchev–Trinajstić information content (AvgIpc) is 3.23. The van der Waals surface area contributed by atoms with Crippen LogP contribution in [0.4, 0.5) is 4.79 Å². The van der Waals surface area contributed by atoms with Crippen molar-refractivity contribution in [3.8, 4) is 0 Å². The number of hydrogen-bond acceptors (Lipinski definition) is 5. The molecule has 3 rings (SSSR count). The fourth-order valence-electron chi connectivity index (χ4n) is 3.67. The summed E-state index contributed by atoms with van der Waals surface area (Å²) in [7, 11) is 1.84. The Morgan fingerprint density at radius 2 is 1.87 bits per heavy atom. The lowest BCUT2D eigenvalue weighted by atomic mass is 9.98. The van der Waals surface area contributed by atoms with Gasteiger partial charge in [0.25, 0.3) is 5.91 Å². The maximum absolute atomic E-state index is 12.8. The molecule has 0 bridgehead atoms. The van der Waals surface area contributed by atoms with Crippen LogP contribution in [0, 0.1) is 0 Å². The zero-order valence-electron chi connectivity index (χ0n) is 19.0. The highest BCUT2D eigenvalue weighted by Crippen LogP contribution is 2.31. The van der Waals surface area contributed by atoms with Gasteiger partial charge in [0.1, 0.15) is 11.3 Å². The fraction of sp³-hybridized carbons (Fsp3) is 0.542. The number of thiazole rings is 1. The number of amides is 2. The molecule has 6 nitrogen and oxygen atoms in total. The van der Waals surface area contributed by atoms with Crippen LogP contribution in [-0.2, 0) is 11.2 Å². The molecule has 0 atom stereocenters. The summed E-state index contributed by atoms with van der Waals surface area (Å²) in [4.78, 5) is 33.2. The van der Waals surface area contributed by atoms with Gasteiger partial charge in [0.2, 0.25) is 0 Å². The van der Waals surface area contributed by atoms with Crippen molar-refractivity contribution in [3.05, 3.63) is 52.0 Å². The van der Waals surface area contributed by atoms with Gasteiger partial charge >= 0.3 is 6.09 Å². The molecule has 1 aromatic heterocycles. The van der Waals surface area contributed by atoms with E-state index in [0.717, 1.165) is 30.7 Å². The summed E-state index contributed by atoms with van der Waals surface area (Å²) < 4.78 is 5.46. The summed E-state index contributed by atoms with van der Waals surface area (Å²) in [6, 6.07) is 10.3. The smallest absolute Gasteiger partial charge is 0.410 e. The number of ether oxygens (including phenoxy) is 1. The predicted molar refractivity (Wildman–Crippen MR) is 124 cm³/mol. The molecule has 2 heterocycles. The molecule has 0 spiro atoms. The van der Waals surface area contributed by atoms with Crippen molar-refractivity contribution in [1.82, 2.24) is 14.8 Å². The highest BCUT2D eigenvalue weighted by Gasteiger charge is 2.29. The Morgan fingerprint density at radius 3 is 2.52 bits per heavy atom. The monoisotopic (exact) mass is 443 g/mol. The van der Waals surface area contributed by atoms with Crippen LogP contribution in [0.1, 0.15) is 67.0 Å². The third-order valence-electron chi connectivity index (χ3n) is 5.39. The number of rotatable bonds is 6. The number of aromatic nitrogens is 1. The standard InChI is InChI=1S/C24H33N3O3S/c1-24(2,3)30-23(29)27-15-12-19(13-16-27)21-25-20(17-31-21)22(28)26(4)14-8-11-18-9-6-5-7-10-18/h5-7,9-10,17,19H,8,11-16H2,1-4H3. The van der Waals surface area contributed by atoms with Crippen LogP contribution < -0.4 is 0 Å². The lowest BCUT2D eigenvalue weighted by molar-refractivity contribution is 0.0204. The molecule has 0 radical (unpaired) electrons. The molecule has 1 fully saturated rings. The van der Waals surface area contributed by atoms with E-state index in [9.17, 15) is 9.59 Å². The molecular weight excluding hydrogens is 410 g/mol. The van der Waals surface area contributed by atoms with Crippen molar-refractivity contribution < 1.29 is 14.3 Å². The van der Waals surface area contributed by atoms with Crippen molar-refractivity contribution >= 4 is 23.3 Å². The number of benzene rings is 1. The summed E-state index contributed by atoms with van der Waals surface area (Å²) in [5, 5.41) is 2.86. The van der Waals surface area contributed by atoms with E-state index in [4.69, 9.17) is 4.74 Å². The van der Waals surface area contributed by atoms with Crippen LogP contribution in [-0.4, -0.2) is 59.1 Å².